The molecule has 0 spiro atoms. The molecule has 1 atom stereocenters. The van der Waals surface area contributed by atoms with Crippen LogP contribution >= 0.6 is 11.8 Å². The maximum Gasteiger partial charge on any atom is 0.573 e. The number of ether oxygens (including phenoxy) is 1. The largest absolute Gasteiger partial charge is 0.573 e. The predicted octanol–water partition coefficient (Wildman–Crippen LogP) is 4.02. The number of carbonyl (C=O) groups excluding carboxylic acids is 1. The van der Waals surface area contributed by atoms with Crippen LogP contribution in [0.4, 0.5) is 18.9 Å². The molecule has 0 bridgehead atoms. The summed E-state index contributed by atoms with van der Waals surface area (Å²) in [6.07, 6.45) is -3.70. The first kappa shape index (κ1) is 20.5. The highest BCUT2D eigenvalue weighted by atomic mass is 32.2. The van der Waals surface area contributed by atoms with Crippen LogP contribution in [0.2, 0.25) is 0 Å². The molecule has 1 heterocycles. The van der Waals surface area contributed by atoms with Crippen molar-refractivity contribution >= 4 is 33.2 Å². The van der Waals surface area contributed by atoms with Gasteiger partial charge in [0.25, 0.3) is 0 Å². The Bertz CT molecular complexity index is 1000. The van der Waals surface area contributed by atoms with Crippen molar-refractivity contribution in [2.75, 3.05) is 11.2 Å². The van der Waals surface area contributed by atoms with E-state index in [1.807, 2.05) is 0 Å². The second-order valence-corrected chi connectivity index (χ2v) is 9.68. The number of halogens is 3. The fraction of sp³-hybridized carbons (Fsp3) is 0.278. The van der Waals surface area contributed by atoms with Gasteiger partial charge < -0.3 is 9.64 Å². The number of benzene rings is 2. The summed E-state index contributed by atoms with van der Waals surface area (Å²) in [4.78, 5) is 15.0. The molecule has 0 saturated heterocycles. The number of sulfone groups is 1. The zero-order valence-electron chi connectivity index (χ0n) is 14.9. The molecule has 0 radical (unpaired) electrons. The van der Waals surface area contributed by atoms with E-state index in [1.165, 1.54) is 53.1 Å². The molecule has 1 aliphatic heterocycles. The SMILES string of the molecule is CC1Sc2ccc(S(C)(=O)=O)cc2N(Cc2ccc(OC(F)(F)F)cc2)C1=O. The summed E-state index contributed by atoms with van der Waals surface area (Å²) in [5.41, 5.74) is 1.05. The molecule has 0 fully saturated rings. The highest BCUT2D eigenvalue weighted by Gasteiger charge is 2.32. The van der Waals surface area contributed by atoms with Gasteiger partial charge >= 0.3 is 6.36 Å². The minimum absolute atomic E-state index is 0.0909. The Morgan fingerprint density at radius 1 is 1.14 bits per heavy atom. The van der Waals surface area contributed by atoms with E-state index in [-0.39, 0.29) is 28.3 Å². The lowest BCUT2D eigenvalue weighted by atomic mass is 10.1. The van der Waals surface area contributed by atoms with Gasteiger partial charge in [-0.25, -0.2) is 8.42 Å². The van der Waals surface area contributed by atoms with Crippen LogP contribution in [-0.2, 0) is 21.2 Å². The molecule has 1 aliphatic rings. The first-order chi connectivity index (χ1) is 12.9. The lowest BCUT2D eigenvalue weighted by Gasteiger charge is -2.32. The third-order valence-corrected chi connectivity index (χ3v) is 6.33. The Morgan fingerprint density at radius 3 is 2.36 bits per heavy atom. The van der Waals surface area contributed by atoms with Gasteiger partial charge in [0.05, 0.1) is 22.4 Å². The molecule has 0 saturated carbocycles. The van der Waals surface area contributed by atoms with Crippen molar-refractivity contribution in [3.05, 3.63) is 48.0 Å². The third-order valence-electron chi connectivity index (χ3n) is 4.06. The Balaban J connectivity index is 1.92. The molecule has 3 rings (SSSR count). The Hall–Kier alpha value is -2.20. The van der Waals surface area contributed by atoms with Crippen LogP contribution in [0, 0.1) is 0 Å². The van der Waals surface area contributed by atoms with E-state index in [2.05, 4.69) is 4.74 Å². The van der Waals surface area contributed by atoms with Crippen molar-refractivity contribution in [1.82, 2.24) is 0 Å². The van der Waals surface area contributed by atoms with E-state index in [4.69, 9.17) is 0 Å². The molecular formula is C18H16F3NO4S2. The number of nitrogens with zero attached hydrogens (tertiary/aromatic N) is 1. The van der Waals surface area contributed by atoms with Crippen molar-refractivity contribution in [1.29, 1.82) is 0 Å². The average Bonchev–Trinajstić information content (AvgIpc) is 2.58. The Kier molecular flexibility index (Phi) is 5.37. The van der Waals surface area contributed by atoms with E-state index in [9.17, 15) is 26.4 Å². The van der Waals surface area contributed by atoms with Gasteiger partial charge in [0.15, 0.2) is 9.84 Å². The van der Waals surface area contributed by atoms with Crippen LogP contribution in [0.3, 0.4) is 0 Å². The molecule has 10 heteroatoms. The number of fused-ring (bicyclic) bond motifs is 1. The van der Waals surface area contributed by atoms with Gasteiger partial charge in [0.1, 0.15) is 5.75 Å². The first-order valence-corrected chi connectivity index (χ1v) is 10.9. The van der Waals surface area contributed by atoms with Crippen LogP contribution in [0.25, 0.3) is 0 Å². The van der Waals surface area contributed by atoms with Gasteiger partial charge in [-0.2, -0.15) is 0 Å². The topological polar surface area (TPSA) is 63.7 Å². The Morgan fingerprint density at radius 2 is 1.79 bits per heavy atom. The fourth-order valence-corrected chi connectivity index (χ4v) is 4.45. The number of thioether (sulfide) groups is 1. The summed E-state index contributed by atoms with van der Waals surface area (Å²) >= 11 is 1.33. The summed E-state index contributed by atoms with van der Waals surface area (Å²) in [6.45, 7) is 1.84. The number of anilines is 1. The summed E-state index contributed by atoms with van der Waals surface area (Å²) in [7, 11) is -3.46. The number of hydrogen-bond acceptors (Lipinski definition) is 5. The maximum absolute atomic E-state index is 12.7. The number of hydrogen-bond donors (Lipinski definition) is 0. The number of alkyl halides is 3. The van der Waals surface area contributed by atoms with Crippen LogP contribution in [0.5, 0.6) is 5.75 Å². The molecule has 1 amide bonds. The highest BCUT2D eigenvalue weighted by molar-refractivity contribution is 8.01. The second-order valence-electron chi connectivity index (χ2n) is 6.28. The van der Waals surface area contributed by atoms with Crippen molar-refractivity contribution < 1.29 is 31.1 Å². The Labute approximate surface area is 164 Å². The standard InChI is InChI=1S/C18H16F3NO4S2/c1-11-17(23)22(10-12-3-5-13(6-4-12)26-18(19,20)21)15-9-14(28(2,24)25)7-8-16(15)27-11/h3-9,11H,10H2,1-2H3. The molecule has 5 nitrogen and oxygen atoms in total. The van der Waals surface area contributed by atoms with Gasteiger partial charge in [-0.1, -0.05) is 12.1 Å². The molecule has 150 valence electrons. The second kappa shape index (κ2) is 7.32. The van der Waals surface area contributed by atoms with Crippen LogP contribution < -0.4 is 9.64 Å². The highest BCUT2D eigenvalue weighted by Crippen LogP contribution is 2.41. The monoisotopic (exact) mass is 431 g/mol. The van der Waals surface area contributed by atoms with Gasteiger partial charge in [-0.3, -0.25) is 4.79 Å². The first-order valence-electron chi connectivity index (χ1n) is 8.11. The summed E-state index contributed by atoms with van der Waals surface area (Å²) in [5.74, 6) is -0.566. The van der Waals surface area contributed by atoms with Crippen molar-refractivity contribution in [3.63, 3.8) is 0 Å². The molecule has 0 N–H and O–H groups in total. The molecule has 28 heavy (non-hydrogen) atoms. The van der Waals surface area contributed by atoms with Crippen LogP contribution in [-0.4, -0.2) is 32.2 Å². The quantitative estimate of drug-likeness (QED) is 0.732. The van der Waals surface area contributed by atoms with Crippen molar-refractivity contribution in [2.45, 2.75) is 34.9 Å². The van der Waals surface area contributed by atoms with Gasteiger partial charge in [-0.15, -0.1) is 24.9 Å². The molecule has 2 aromatic carbocycles. The zero-order valence-corrected chi connectivity index (χ0v) is 16.5. The van der Waals surface area contributed by atoms with E-state index in [0.717, 1.165) is 11.2 Å². The van der Waals surface area contributed by atoms with Gasteiger partial charge in [-0.05, 0) is 42.8 Å². The van der Waals surface area contributed by atoms with Crippen LogP contribution in [0.15, 0.2) is 52.3 Å². The lowest BCUT2D eigenvalue weighted by Crippen LogP contribution is -2.39. The van der Waals surface area contributed by atoms with Crippen LogP contribution in [0.1, 0.15) is 12.5 Å². The molecular weight excluding hydrogens is 415 g/mol. The predicted molar refractivity (Wildman–Crippen MR) is 99.2 cm³/mol. The molecule has 2 aromatic rings. The summed E-state index contributed by atoms with van der Waals surface area (Å²) in [5, 5.41) is -0.371. The fourth-order valence-electron chi connectivity index (χ4n) is 2.76. The number of amides is 1. The third kappa shape index (κ3) is 4.61. The van der Waals surface area contributed by atoms with E-state index >= 15 is 0 Å². The number of carbonyl (C=O) groups is 1. The molecule has 0 aromatic heterocycles. The normalized spacial score (nSPS) is 17.4. The number of rotatable bonds is 4. The lowest BCUT2D eigenvalue weighted by molar-refractivity contribution is -0.274. The van der Waals surface area contributed by atoms with E-state index in [0.29, 0.717) is 11.3 Å². The molecule has 0 aliphatic carbocycles. The van der Waals surface area contributed by atoms with Gasteiger partial charge in [0, 0.05) is 11.2 Å². The smallest absolute Gasteiger partial charge is 0.406 e. The molecule has 1 unspecified atom stereocenters. The van der Waals surface area contributed by atoms with E-state index in [1.54, 1.807) is 13.0 Å². The van der Waals surface area contributed by atoms with E-state index < -0.39 is 16.2 Å². The van der Waals surface area contributed by atoms with Crippen molar-refractivity contribution in [3.8, 4) is 5.75 Å². The van der Waals surface area contributed by atoms with Gasteiger partial charge in [0.2, 0.25) is 5.91 Å². The minimum atomic E-state index is -4.78. The van der Waals surface area contributed by atoms with Crippen molar-refractivity contribution in [2.24, 2.45) is 0 Å². The average molecular weight is 431 g/mol. The summed E-state index contributed by atoms with van der Waals surface area (Å²) < 4.78 is 64.4. The minimum Gasteiger partial charge on any atom is -0.406 e. The summed E-state index contributed by atoms with van der Waals surface area (Å²) in [6, 6.07) is 9.80. The maximum atomic E-state index is 12.7. The zero-order chi connectivity index (χ0) is 20.7.